The van der Waals surface area contributed by atoms with Crippen molar-refractivity contribution in [1.29, 1.82) is 0 Å². The van der Waals surface area contributed by atoms with Gasteiger partial charge in [0.15, 0.2) is 5.96 Å². The van der Waals surface area contributed by atoms with E-state index in [4.69, 9.17) is 4.74 Å². The number of hydrogen-bond acceptors (Lipinski definition) is 4. The average Bonchev–Trinajstić information content (AvgIpc) is 2.99. The van der Waals surface area contributed by atoms with Gasteiger partial charge in [-0.2, -0.15) is 0 Å². The summed E-state index contributed by atoms with van der Waals surface area (Å²) in [7, 11) is 1.77. The van der Waals surface area contributed by atoms with E-state index in [0.29, 0.717) is 19.0 Å². The zero-order valence-electron chi connectivity index (χ0n) is 14.3. The molecule has 2 N–H and O–H groups in total. The fraction of sp³-hybridized carbons (Fsp3) is 0.412. The minimum absolute atomic E-state index is 0. The van der Waals surface area contributed by atoms with Crippen LogP contribution >= 0.6 is 35.3 Å². The SMILES string of the molecule is CCCOc1ccc(CNC(=NC)NCc2sccc2C)cn1.I. The van der Waals surface area contributed by atoms with Crippen LogP contribution in [0.5, 0.6) is 5.88 Å². The molecule has 0 bridgehead atoms. The van der Waals surface area contributed by atoms with Gasteiger partial charge in [0, 0.05) is 30.7 Å². The Hall–Kier alpha value is -1.35. The van der Waals surface area contributed by atoms with E-state index in [0.717, 1.165) is 24.5 Å². The molecule has 24 heavy (non-hydrogen) atoms. The van der Waals surface area contributed by atoms with Crippen molar-refractivity contribution >= 4 is 41.3 Å². The van der Waals surface area contributed by atoms with Crippen LogP contribution in [0, 0.1) is 6.92 Å². The Kier molecular flexibility index (Phi) is 9.70. The molecule has 0 fully saturated rings. The lowest BCUT2D eigenvalue weighted by Gasteiger charge is -2.12. The van der Waals surface area contributed by atoms with Gasteiger partial charge in [-0.1, -0.05) is 13.0 Å². The molecule has 0 spiro atoms. The van der Waals surface area contributed by atoms with Gasteiger partial charge in [-0.05, 0) is 35.9 Å². The number of thiophene rings is 1. The van der Waals surface area contributed by atoms with Crippen molar-refractivity contribution in [2.75, 3.05) is 13.7 Å². The van der Waals surface area contributed by atoms with Crippen molar-refractivity contribution in [1.82, 2.24) is 15.6 Å². The number of nitrogens with zero attached hydrogens (tertiary/aromatic N) is 2. The third-order valence-corrected chi connectivity index (χ3v) is 4.34. The van der Waals surface area contributed by atoms with Crippen LogP contribution in [0.25, 0.3) is 0 Å². The second kappa shape index (κ2) is 11.2. The summed E-state index contributed by atoms with van der Waals surface area (Å²) < 4.78 is 5.48. The summed E-state index contributed by atoms with van der Waals surface area (Å²) in [6.45, 7) is 6.35. The molecule has 2 aromatic heterocycles. The lowest BCUT2D eigenvalue weighted by Crippen LogP contribution is -2.36. The maximum atomic E-state index is 5.48. The molecule has 0 radical (unpaired) electrons. The summed E-state index contributed by atoms with van der Waals surface area (Å²) in [5.41, 5.74) is 2.40. The molecular weight excluding hydrogens is 435 g/mol. The van der Waals surface area contributed by atoms with Crippen LogP contribution in [0.3, 0.4) is 0 Å². The highest BCUT2D eigenvalue weighted by molar-refractivity contribution is 14.0. The lowest BCUT2D eigenvalue weighted by molar-refractivity contribution is 0.305. The third kappa shape index (κ3) is 6.64. The van der Waals surface area contributed by atoms with Gasteiger partial charge in [0.2, 0.25) is 5.88 Å². The maximum Gasteiger partial charge on any atom is 0.213 e. The van der Waals surface area contributed by atoms with E-state index in [1.54, 1.807) is 18.4 Å². The number of guanidine groups is 1. The number of hydrogen-bond donors (Lipinski definition) is 2. The van der Waals surface area contributed by atoms with Crippen LogP contribution in [0.2, 0.25) is 0 Å². The van der Waals surface area contributed by atoms with Crippen molar-refractivity contribution in [3.05, 3.63) is 45.8 Å². The van der Waals surface area contributed by atoms with Crippen molar-refractivity contribution in [2.45, 2.75) is 33.4 Å². The molecule has 0 aliphatic heterocycles. The summed E-state index contributed by atoms with van der Waals surface area (Å²) >= 11 is 1.76. The first-order valence-corrected chi connectivity index (χ1v) is 8.66. The Labute approximate surface area is 165 Å². The lowest BCUT2D eigenvalue weighted by atomic mass is 10.3. The molecule has 2 rings (SSSR count). The topological polar surface area (TPSA) is 58.5 Å². The molecule has 0 aliphatic rings. The standard InChI is InChI=1S/C17H24N4OS.HI/c1-4-8-22-16-6-5-14(10-19-16)11-20-17(18-3)21-12-15-13(2)7-9-23-15;/h5-7,9-10H,4,8,11-12H2,1-3H3,(H2,18,20,21);1H. The predicted octanol–water partition coefficient (Wildman–Crippen LogP) is 3.72. The summed E-state index contributed by atoms with van der Waals surface area (Å²) in [5.74, 6) is 1.45. The quantitative estimate of drug-likeness (QED) is 0.376. The van der Waals surface area contributed by atoms with E-state index >= 15 is 0 Å². The third-order valence-electron chi connectivity index (χ3n) is 3.32. The Morgan fingerprint density at radius 2 is 2.04 bits per heavy atom. The minimum Gasteiger partial charge on any atom is -0.478 e. The summed E-state index contributed by atoms with van der Waals surface area (Å²) in [5, 5.41) is 8.73. The molecule has 0 saturated carbocycles. The predicted molar refractivity (Wildman–Crippen MR) is 112 cm³/mol. The second-order valence-electron chi connectivity index (χ2n) is 5.16. The highest BCUT2D eigenvalue weighted by Crippen LogP contribution is 2.14. The van der Waals surface area contributed by atoms with Crippen LogP contribution < -0.4 is 15.4 Å². The summed E-state index contributed by atoms with van der Waals surface area (Å²) in [6, 6.07) is 6.05. The van der Waals surface area contributed by atoms with Gasteiger partial charge in [-0.15, -0.1) is 35.3 Å². The van der Waals surface area contributed by atoms with Gasteiger partial charge in [0.25, 0.3) is 0 Å². The number of halogens is 1. The molecular formula is C17H25IN4OS. The van der Waals surface area contributed by atoms with E-state index in [9.17, 15) is 0 Å². The fourth-order valence-electron chi connectivity index (χ4n) is 1.96. The molecule has 0 atom stereocenters. The van der Waals surface area contributed by atoms with Crippen LogP contribution in [0.1, 0.15) is 29.3 Å². The van der Waals surface area contributed by atoms with Gasteiger partial charge in [-0.25, -0.2) is 4.98 Å². The molecule has 132 valence electrons. The number of pyridine rings is 1. The Balaban J connectivity index is 0.00000288. The van der Waals surface area contributed by atoms with Gasteiger partial charge in [-0.3, -0.25) is 4.99 Å². The Morgan fingerprint density at radius 1 is 1.25 bits per heavy atom. The van der Waals surface area contributed by atoms with Crippen LogP contribution in [-0.2, 0) is 13.1 Å². The molecule has 2 heterocycles. The first-order valence-electron chi connectivity index (χ1n) is 7.78. The van der Waals surface area contributed by atoms with Crippen LogP contribution in [-0.4, -0.2) is 24.6 Å². The molecule has 0 aromatic carbocycles. The Bertz CT molecular complexity index is 628. The molecule has 0 amide bonds. The number of aryl methyl sites for hydroxylation is 1. The average molecular weight is 460 g/mol. The first kappa shape index (κ1) is 20.7. The van der Waals surface area contributed by atoms with Crippen LogP contribution in [0.15, 0.2) is 34.8 Å². The molecule has 2 aromatic rings. The van der Waals surface area contributed by atoms with Gasteiger partial charge < -0.3 is 15.4 Å². The second-order valence-corrected chi connectivity index (χ2v) is 6.16. The van der Waals surface area contributed by atoms with E-state index in [-0.39, 0.29) is 24.0 Å². The molecule has 0 aliphatic carbocycles. The van der Waals surface area contributed by atoms with Crippen molar-refractivity contribution < 1.29 is 4.74 Å². The zero-order valence-corrected chi connectivity index (χ0v) is 17.5. The zero-order chi connectivity index (χ0) is 16.5. The number of aliphatic imine (C=N–C) groups is 1. The summed E-state index contributed by atoms with van der Waals surface area (Å²) in [6.07, 6.45) is 2.81. The highest BCUT2D eigenvalue weighted by atomic mass is 127. The number of rotatable bonds is 7. The fourth-order valence-corrected chi connectivity index (χ4v) is 2.81. The molecule has 7 heteroatoms. The number of ether oxygens (including phenoxy) is 1. The minimum atomic E-state index is 0. The normalized spacial score (nSPS) is 10.9. The molecule has 5 nitrogen and oxygen atoms in total. The van der Waals surface area contributed by atoms with E-state index in [1.165, 1.54) is 10.4 Å². The maximum absolute atomic E-state index is 5.48. The van der Waals surface area contributed by atoms with E-state index in [1.807, 2.05) is 18.3 Å². The van der Waals surface area contributed by atoms with E-state index in [2.05, 4.69) is 45.9 Å². The largest absolute Gasteiger partial charge is 0.478 e. The van der Waals surface area contributed by atoms with Crippen molar-refractivity contribution in [2.24, 2.45) is 4.99 Å². The van der Waals surface area contributed by atoms with Gasteiger partial charge in [0.1, 0.15) is 0 Å². The van der Waals surface area contributed by atoms with Gasteiger partial charge in [0.05, 0.1) is 13.2 Å². The first-order chi connectivity index (χ1) is 11.2. The summed E-state index contributed by atoms with van der Waals surface area (Å²) in [4.78, 5) is 9.87. The molecule has 0 unspecified atom stereocenters. The monoisotopic (exact) mass is 460 g/mol. The van der Waals surface area contributed by atoms with Crippen molar-refractivity contribution in [3.63, 3.8) is 0 Å². The van der Waals surface area contributed by atoms with Gasteiger partial charge >= 0.3 is 0 Å². The van der Waals surface area contributed by atoms with Crippen LogP contribution in [0.4, 0.5) is 0 Å². The van der Waals surface area contributed by atoms with E-state index < -0.39 is 0 Å². The van der Waals surface area contributed by atoms with Crippen molar-refractivity contribution in [3.8, 4) is 5.88 Å². The Morgan fingerprint density at radius 3 is 2.62 bits per heavy atom. The molecule has 0 saturated heterocycles. The highest BCUT2D eigenvalue weighted by Gasteiger charge is 2.03. The number of aromatic nitrogens is 1. The number of nitrogens with one attached hydrogen (secondary N) is 2. The smallest absolute Gasteiger partial charge is 0.213 e.